The predicted octanol–water partition coefficient (Wildman–Crippen LogP) is 1.31. The van der Waals surface area contributed by atoms with E-state index in [9.17, 15) is 0 Å². The van der Waals surface area contributed by atoms with Crippen molar-refractivity contribution in [2.45, 2.75) is 45.1 Å². The summed E-state index contributed by atoms with van der Waals surface area (Å²) in [5.41, 5.74) is 0. The zero-order valence-electron chi connectivity index (χ0n) is 6.71. The van der Waals surface area contributed by atoms with Crippen molar-refractivity contribution in [3.05, 3.63) is 0 Å². The Kier molecular flexibility index (Phi) is 6.98. The van der Waals surface area contributed by atoms with Gasteiger partial charge in [0.1, 0.15) is 0 Å². The fourth-order valence-corrected chi connectivity index (χ4v) is 0.873. The van der Waals surface area contributed by atoms with E-state index < -0.39 is 0 Å². The Labute approximate surface area is 62.9 Å². The Morgan fingerprint density at radius 2 is 1.90 bits per heavy atom. The van der Waals surface area contributed by atoms with E-state index in [0.29, 0.717) is 0 Å². The molecule has 0 radical (unpaired) electrons. The van der Waals surface area contributed by atoms with Crippen molar-refractivity contribution >= 4 is 0 Å². The first-order valence-corrected chi connectivity index (χ1v) is 4.10. The summed E-state index contributed by atoms with van der Waals surface area (Å²) >= 11 is 0. The highest BCUT2D eigenvalue weighted by molar-refractivity contribution is 4.52. The molecular formula is C8H18O2. The zero-order valence-corrected chi connectivity index (χ0v) is 6.71. The van der Waals surface area contributed by atoms with Gasteiger partial charge in [0, 0.05) is 6.61 Å². The molecule has 0 spiro atoms. The minimum atomic E-state index is -0.126. The lowest BCUT2D eigenvalue weighted by molar-refractivity contribution is 0.155. The van der Waals surface area contributed by atoms with Crippen LogP contribution in [0.2, 0.25) is 0 Å². The molecule has 62 valence electrons. The Hall–Kier alpha value is -0.0800. The van der Waals surface area contributed by atoms with Crippen molar-refractivity contribution in [3.63, 3.8) is 0 Å². The molecule has 0 amide bonds. The first kappa shape index (κ1) is 9.92. The molecule has 0 bridgehead atoms. The van der Waals surface area contributed by atoms with Crippen LogP contribution in [0, 0.1) is 0 Å². The third-order valence-corrected chi connectivity index (χ3v) is 1.67. The van der Waals surface area contributed by atoms with Crippen LogP contribution in [0.3, 0.4) is 0 Å². The summed E-state index contributed by atoms with van der Waals surface area (Å²) in [5.74, 6) is 0. The summed E-state index contributed by atoms with van der Waals surface area (Å²) < 4.78 is 0. The van der Waals surface area contributed by atoms with E-state index in [0.717, 1.165) is 32.1 Å². The maximum Gasteiger partial charge on any atom is 0.0537 e. The van der Waals surface area contributed by atoms with Gasteiger partial charge >= 0.3 is 0 Å². The summed E-state index contributed by atoms with van der Waals surface area (Å²) in [6.07, 6.45) is 4.55. The third kappa shape index (κ3) is 6.05. The molecule has 0 aliphatic rings. The monoisotopic (exact) mass is 146 g/mol. The maximum atomic E-state index is 9.09. The molecule has 0 aliphatic carbocycles. The van der Waals surface area contributed by atoms with Gasteiger partial charge in [-0.3, -0.25) is 0 Å². The highest BCUT2D eigenvalue weighted by atomic mass is 16.3. The van der Waals surface area contributed by atoms with Gasteiger partial charge in [-0.1, -0.05) is 19.8 Å². The fraction of sp³-hybridized carbons (Fsp3) is 1.00. The van der Waals surface area contributed by atoms with Crippen molar-refractivity contribution in [2.24, 2.45) is 0 Å². The van der Waals surface area contributed by atoms with E-state index in [1.165, 1.54) is 0 Å². The lowest BCUT2D eigenvalue weighted by Gasteiger charge is -2.05. The lowest BCUT2D eigenvalue weighted by Crippen LogP contribution is -2.03. The second-order valence-corrected chi connectivity index (χ2v) is 2.64. The molecule has 2 N–H and O–H groups in total. The quantitative estimate of drug-likeness (QED) is 0.555. The number of hydrogen-bond acceptors (Lipinski definition) is 2. The molecule has 0 fully saturated rings. The van der Waals surface area contributed by atoms with Crippen LogP contribution in [0.1, 0.15) is 39.0 Å². The minimum Gasteiger partial charge on any atom is -0.396 e. The Morgan fingerprint density at radius 3 is 2.40 bits per heavy atom. The van der Waals surface area contributed by atoms with Gasteiger partial charge < -0.3 is 10.2 Å². The molecule has 0 aliphatic heterocycles. The van der Waals surface area contributed by atoms with Gasteiger partial charge in [-0.25, -0.2) is 0 Å². The average Bonchev–Trinajstić information content (AvgIpc) is 1.98. The van der Waals surface area contributed by atoms with E-state index in [-0.39, 0.29) is 12.7 Å². The van der Waals surface area contributed by atoms with Gasteiger partial charge in [0.05, 0.1) is 6.10 Å². The number of hydrogen-bond donors (Lipinski definition) is 2. The molecule has 2 nitrogen and oxygen atoms in total. The molecule has 10 heavy (non-hydrogen) atoms. The van der Waals surface area contributed by atoms with Crippen LogP contribution in [-0.4, -0.2) is 22.9 Å². The molecule has 0 aromatic rings. The smallest absolute Gasteiger partial charge is 0.0537 e. The maximum absolute atomic E-state index is 9.09. The number of rotatable bonds is 6. The van der Waals surface area contributed by atoms with E-state index >= 15 is 0 Å². The van der Waals surface area contributed by atoms with E-state index in [4.69, 9.17) is 10.2 Å². The molecule has 0 saturated heterocycles. The van der Waals surface area contributed by atoms with Crippen LogP contribution in [0.4, 0.5) is 0 Å². The molecule has 0 aromatic carbocycles. The molecular weight excluding hydrogens is 128 g/mol. The summed E-state index contributed by atoms with van der Waals surface area (Å²) in [4.78, 5) is 0. The number of aliphatic hydroxyl groups excluding tert-OH is 2. The Morgan fingerprint density at radius 1 is 1.20 bits per heavy atom. The second kappa shape index (κ2) is 7.03. The van der Waals surface area contributed by atoms with Crippen LogP contribution < -0.4 is 0 Å². The van der Waals surface area contributed by atoms with Gasteiger partial charge in [-0.05, 0) is 19.3 Å². The van der Waals surface area contributed by atoms with Gasteiger partial charge in [0.2, 0.25) is 0 Å². The standard InChI is InChI=1S/C8H18O2/c1-2-8(10)6-4-3-5-7-9/h8-10H,2-7H2,1H3. The van der Waals surface area contributed by atoms with E-state index in [1.807, 2.05) is 6.92 Å². The summed E-state index contributed by atoms with van der Waals surface area (Å²) in [7, 11) is 0. The van der Waals surface area contributed by atoms with Crippen LogP contribution >= 0.6 is 0 Å². The molecule has 0 aromatic heterocycles. The zero-order chi connectivity index (χ0) is 7.82. The molecule has 2 heteroatoms. The van der Waals surface area contributed by atoms with Crippen molar-refractivity contribution in [3.8, 4) is 0 Å². The Bertz CT molecular complexity index is 64.3. The second-order valence-electron chi connectivity index (χ2n) is 2.64. The van der Waals surface area contributed by atoms with Crippen LogP contribution in [0.5, 0.6) is 0 Å². The predicted molar refractivity (Wildman–Crippen MR) is 41.9 cm³/mol. The van der Waals surface area contributed by atoms with Crippen molar-refractivity contribution in [1.29, 1.82) is 0 Å². The third-order valence-electron chi connectivity index (χ3n) is 1.67. The van der Waals surface area contributed by atoms with E-state index in [1.54, 1.807) is 0 Å². The average molecular weight is 146 g/mol. The fourth-order valence-electron chi connectivity index (χ4n) is 0.873. The normalized spacial score (nSPS) is 13.5. The highest BCUT2D eigenvalue weighted by Crippen LogP contribution is 2.04. The summed E-state index contributed by atoms with van der Waals surface area (Å²) in [6.45, 7) is 2.26. The lowest BCUT2D eigenvalue weighted by atomic mass is 10.1. The molecule has 1 unspecified atom stereocenters. The topological polar surface area (TPSA) is 40.5 Å². The molecule has 0 heterocycles. The van der Waals surface area contributed by atoms with Crippen molar-refractivity contribution < 1.29 is 10.2 Å². The largest absolute Gasteiger partial charge is 0.396 e. The Balaban J connectivity index is 2.89. The molecule has 0 rings (SSSR count). The number of unbranched alkanes of at least 4 members (excludes halogenated alkanes) is 2. The van der Waals surface area contributed by atoms with Crippen LogP contribution in [0.15, 0.2) is 0 Å². The first-order chi connectivity index (χ1) is 4.81. The highest BCUT2D eigenvalue weighted by Gasteiger charge is 1.98. The first-order valence-electron chi connectivity index (χ1n) is 4.10. The summed E-state index contributed by atoms with van der Waals surface area (Å²) in [5, 5.41) is 17.5. The summed E-state index contributed by atoms with van der Waals surface area (Å²) in [6, 6.07) is 0. The molecule has 1 atom stereocenters. The minimum absolute atomic E-state index is 0.126. The SMILES string of the molecule is CCC(O)CCCCCO. The van der Waals surface area contributed by atoms with Gasteiger partial charge in [0.25, 0.3) is 0 Å². The van der Waals surface area contributed by atoms with Gasteiger partial charge in [-0.2, -0.15) is 0 Å². The van der Waals surface area contributed by atoms with Gasteiger partial charge in [0.15, 0.2) is 0 Å². The van der Waals surface area contributed by atoms with Crippen molar-refractivity contribution in [1.82, 2.24) is 0 Å². The molecule has 0 saturated carbocycles. The van der Waals surface area contributed by atoms with Crippen molar-refractivity contribution in [2.75, 3.05) is 6.61 Å². The van der Waals surface area contributed by atoms with E-state index in [2.05, 4.69) is 0 Å². The number of aliphatic hydroxyl groups is 2. The van der Waals surface area contributed by atoms with Gasteiger partial charge in [-0.15, -0.1) is 0 Å². The van der Waals surface area contributed by atoms with Crippen LogP contribution in [-0.2, 0) is 0 Å². The van der Waals surface area contributed by atoms with Crippen LogP contribution in [0.25, 0.3) is 0 Å².